The summed E-state index contributed by atoms with van der Waals surface area (Å²) in [5, 5.41) is 0. The zero-order valence-electron chi connectivity index (χ0n) is 7.07. The summed E-state index contributed by atoms with van der Waals surface area (Å²) in [5.41, 5.74) is 0. The van der Waals surface area contributed by atoms with Crippen molar-refractivity contribution in [3.8, 4) is 0 Å². The smallest absolute Gasteiger partial charge is 0.332 e. The van der Waals surface area contributed by atoms with Crippen LogP contribution in [0, 0.1) is 12.8 Å². The van der Waals surface area contributed by atoms with E-state index in [1.165, 1.54) is 12.8 Å². The first-order valence-electron chi connectivity index (χ1n) is 3.39. The second-order valence-corrected chi connectivity index (χ2v) is 1.63. The van der Waals surface area contributed by atoms with E-state index in [1.807, 2.05) is 0 Å². The van der Waals surface area contributed by atoms with E-state index in [9.17, 15) is 0 Å². The van der Waals surface area contributed by atoms with Gasteiger partial charge in [0.1, 0.15) is 0 Å². The molecule has 0 amide bonds. The maximum atomic E-state index is 2.12. The topological polar surface area (TPSA) is 0 Å². The maximum Gasteiger partial charge on any atom is 2.00 e. The van der Waals surface area contributed by atoms with E-state index in [1.54, 1.807) is 0 Å². The third-order valence-electron chi connectivity index (χ3n) is 0.816. The molecule has 0 spiro atoms. The van der Waals surface area contributed by atoms with Crippen LogP contribution in [0.15, 0.2) is 0 Å². The van der Waals surface area contributed by atoms with Crippen LogP contribution in [0.4, 0.5) is 0 Å². The van der Waals surface area contributed by atoms with E-state index in [2.05, 4.69) is 40.5 Å². The summed E-state index contributed by atoms with van der Waals surface area (Å²) in [5.74, 6) is 0. The third kappa shape index (κ3) is 53.3. The van der Waals surface area contributed by atoms with E-state index in [0.717, 1.165) is 0 Å². The Labute approximate surface area is 75.3 Å². The van der Waals surface area contributed by atoms with Crippen LogP contribution >= 0.6 is 0 Å². The maximum absolute atomic E-state index is 2.12. The fourth-order valence-electron chi connectivity index (χ4n) is 0. The summed E-state index contributed by atoms with van der Waals surface area (Å²) in [4.78, 5) is 0. The van der Waals surface area contributed by atoms with Gasteiger partial charge in [-0.2, -0.15) is 26.7 Å². The number of unbranched alkanes of at least 4 members (excludes halogenated alkanes) is 2. The average molecular weight is 162 g/mol. The molecule has 0 bridgehead atoms. The van der Waals surface area contributed by atoms with Crippen LogP contribution in [0.2, 0.25) is 0 Å². The SMILES string of the molecule is C[CH-]CC.C[CH-]CC.[Ti+2]. The minimum absolute atomic E-state index is 0. The molecule has 0 aliphatic carbocycles. The van der Waals surface area contributed by atoms with Crippen molar-refractivity contribution >= 4 is 0 Å². The number of hydrogen-bond donors (Lipinski definition) is 0. The van der Waals surface area contributed by atoms with Crippen molar-refractivity contribution in [1.82, 2.24) is 0 Å². The zero-order valence-corrected chi connectivity index (χ0v) is 8.63. The monoisotopic (exact) mass is 162 g/mol. The van der Waals surface area contributed by atoms with Crippen molar-refractivity contribution in [2.75, 3.05) is 0 Å². The van der Waals surface area contributed by atoms with E-state index in [-0.39, 0.29) is 21.7 Å². The van der Waals surface area contributed by atoms with E-state index < -0.39 is 0 Å². The van der Waals surface area contributed by atoms with Crippen molar-refractivity contribution in [1.29, 1.82) is 0 Å². The zero-order chi connectivity index (χ0) is 6.83. The summed E-state index contributed by atoms with van der Waals surface area (Å²) >= 11 is 0. The Morgan fingerprint density at radius 3 is 1.00 bits per heavy atom. The molecular weight excluding hydrogens is 144 g/mol. The standard InChI is InChI=1S/2C4H9.Ti/c2*1-3-4-2;/h2*3H,4H2,1-2H3;/q2*-1;+2. The van der Waals surface area contributed by atoms with Gasteiger partial charge in [0.15, 0.2) is 0 Å². The first-order chi connectivity index (χ1) is 3.83. The van der Waals surface area contributed by atoms with Gasteiger partial charge in [0, 0.05) is 0 Å². The van der Waals surface area contributed by atoms with E-state index >= 15 is 0 Å². The Morgan fingerprint density at radius 1 is 0.889 bits per heavy atom. The quantitative estimate of drug-likeness (QED) is 0.432. The van der Waals surface area contributed by atoms with Gasteiger partial charge in [-0.3, -0.25) is 0 Å². The summed E-state index contributed by atoms with van der Waals surface area (Å²) < 4.78 is 0. The van der Waals surface area contributed by atoms with Crippen LogP contribution in [-0.4, -0.2) is 0 Å². The number of hydrogen-bond acceptors (Lipinski definition) is 0. The Balaban J connectivity index is -0.0000000720. The second-order valence-electron chi connectivity index (χ2n) is 1.63. The molecule has 0 rings (SSSR count). The van der Waals surface area contributed by atoms with Gasteiger partial charge >= 0.3 is 21.7 Å². The van der Waals surface area contributed by atoms with Gasteiger partial charge in [-0.25, -0.2) is 0 Å². The molecule has 0 aromatic heterocycles. The summed E-state index contributed by atoms with van der Waals surface area (Å²) in [6.45, 7) is 8.36. The van der Waals surface area contributed by atoms with Gasteiger partial charge in [0.05, 0.1) is 0 Å². The molecule has 0 N–H and O–H groups in total. The predicted molar refractivity (Wildman–Crippen MR) is 40.5 cm³/mol. The van der Waals surface area contributed by atoms with Crippen molar-refractivity contribution in [3.63, 3.8) is 0 Å². The molecule has 1 heteroatoms. The van der Waals surface area contributed by atoms with Crippen LogP contribution in [-0.2, 0) is 21.7 Å². The van der Waals surface area contributed by atoms with Gasteiger partial charge in [-0.1, -0.05) is 13.8 Å². The predicted octanol–water partition coefficient (Wildman–Crippen LogP) is 3.24. The molecule has 0 aromatic carbocycles. The Kier molecular flexibility index (Phi) is 42.4. The van der Waals surface area contributed by atoms with E-state index in [0.29, 0.717) is 0 Å². The Bertz CT molecular complexity index is 12.5. The fraction of sp³-hybridized carbons (Fsp3) is 0.750. The first-order valence-corrected chi connectivity index (χ1v) is 3.39. The summed E-state index contributed by atoms with van der Waals surface area (Å²) in [6, 6.07) is 0. The number of rotatable bonds is 2. The minimum Gasteiger partial charge on any atom is -0.332 e. The van der Waals surface area contributed by atoms with Gasteiger partial charge < -0.3 is 12.8 Å². The molecule has 0 aromatic rings. The molecule has 0 atom stereocenters. The molecule has 0 radical (unpaired) electrons. The Morgan fingerprint density at radius 2 is 1.00 bits per heavy atom. The van der Waals surface area contributed by atoms with Crippen molar-refractivity contribution in [2.45, 2.75) is 40.5 Å². The average Bonchev–Trinajstić information content (AvgIpc) is 1.88. The van der Waals surface area contributed by atoms with Crippen LogP contribution in [0.25, 0.3) is 0 Å². The molecule has 0 nitrogen and oxygen atoms in total. The van der Waals surface area contributed by atoms with Gasteiger partial charge in [0.25, 0.3) is 0 Å². The molecule has 9 heavy (non-hydrogen) atoms. The van der Waals surface area contributed by atoms with Crippen LogP contribution in [0.1, 0.15) is 40.5 Å². The van der Waals surface area contributed by atoms with Crippen LogP contribution < -0.4 is 0 Å². The summed E-state index contributed by atoms with van der Waals surface area (Å²) in [6.07, 6.45) is 6.64. The molecule has 0 aliphatic rings. The second kappa shape index (κ2) is 23.3. The van der Waals surface area contributed by atoms with Crippen LogP contribution in [0.3, 0.4) is 0 Å². The molecule has 54 valence electrons. The largest absolute Gasteiger partial charge is 2.00 e. The molecular formula is C8H18Ti. The molecule has 0 aliphatic heterocycles. The molecule has 0 fully saturated rings. The fourth-order valence-corrected chi connectivity index (χ4v) is 0. The third-order valence-corrected chi connectivity index (χ3v) is 0.816. The summed E-state index contributed by atoms with van der Waals surface area (Å²) in [7, 11) is 0. The normalized spacial score (nSPS) is 6.67. The first kappa shape index (κ1) is 16.4. The van der Waals surface area contributed by atoms with Gasteiger partial charge in [-0.05, 0) is 0 Å². The van der Waals surface area contributed by atoms with Crippen molar-refractivity contribution < 1.29 is 21.7 Å². The van der Waals surface area contributed by atoms with Crippen molar-refractivity contribution in [2.24, 2.45) is 0 Å². The molecule has 0 unspecified atom stereocenters. The molecule has 0 saturated carbocycles. The Hall–Kier alpha value is 0.714. The molecule has 0 saturated heterocycles. The van der Waals surface area contributed by atoms with Gasteiger partial charge in [-0.15, -0.1) is 0 Å². The molecule has 0 heterocycles. The van der Waals surface area contributed by atoms with E-state index in [4.69, 9.17) is 0 Å². The van der Waals surface area contributed by atoms with Crippen LogP contribution in [0.5, 0.6) is 0 Å². The van der Waals surface area contributed by atoms with Crippen molar-refractivity contribution in [3.05, 3.63) is 12.8 Å². The minimum atomic E-state index is 0. The van der Waals surface area contributed by atoms with Gasteiger partial charge in [0.2, 0.25) is 0 Å².